The number of benzene rings is 1. The molecule has 4 rings (SSSR count). The molecular formula is C23H34O3. The quantitative estimate of drug-likeness (QED) is 0.744. The summed E-state index contributed by atoms with van der Waals surface area (Å²) in [5.41, 5.74) is 3.37. The molecule has 0 amide bonds. The maximum atomic E-state index is 5.95. The van der Waals surface area contributed by atoms with Gasteiger partial charge in [0.05, 0.1) is 18.8 Å². The van der Waals surface area contributed by atoms with Gasteiger partial charge in [-0.05, 0) is 85.0 Å². The van der Waals surface area contributed by atoms with E-state index in [4.69, 9.17) is 14.2 Å². The van der Waals surface area contributed by atoms with Gasteiger partial charge in [-0.15, -0.1) is 0 Å². The first-order chi connectivity index (χ1) is 12.6. The number of methoxy groups -OCH3 is 2. The van der Waals surface area contributed by atoms with Gasteiger partial charge in [-0.3, -0.25) is 0 Å². The summed E-state index contributed by atoms with van der Waals surface area (Å²) in [7, 11) is 3.72. The number of hydrogen-bond acceptors (Lipinski definition) is 3. The molecule has 2 fully saturated rings. The third-order valence-electron chi connectivity index (χ3n) is 7.64. The molecule has 0 unspecified atom stereocenters. The van der Waals surface area contributed by atoms with E-state index >= 15 is 0 Å². The van der Waals surface area contributed by atoms with Gasteiger partial charge in [0.25, 0.3) is 0 Å². The van der Waals surface area contributed by atoms with E-state index in [-0.39, 0.29) is 17.6 Å². The molecular weight excluding hydrogens is 324 g/mol. The van der Waals surface area contributed by atoms with Gasteiger partial charge in [-0.1, -0.05) is 19.9 Å². The van der Waals surface area contributed by atoms with Crippen molar-refractivity contribution in [2.45, 2.75) is 70.5 Å². The zero-order valence-electron chi connectivity index (χ0n) is 16.8. The Morgan fingerprint density at radius 1 is 1.15 bits per heavy atom. The summed E-state index contributed by atoms with van der Waals surface area (Å²) < 4.78 is 17.6. The fourth-order valence-corrected chi connectivity index (χ4v) is 6.45. The van der Waals surface area contributed by atoms with Crippen molar-refractivity contribution < 1.29 is 14.2 Å². The van der Waals surface area contributed by atoms with Crippen molar-refractivity contribution in [2.24, 2.45) is 17.3 Å². The summed E-state index contributed by atoms with van der Waals surface area (Å²) in [6.45, 7) is 5.42. The monoisotopic (exact) mass is 358 g/mol. The SMILES string of the molecule is CCCOc1ccc2c(c1)CC[C@@H]1[C@@H]2CC[C@@]2(C)[C@H]1C[C@@H](OC)[C@@H]2OC. The minimum atomic E-state index is 0.240. The van der Waals surface area contributed by atoms with Crippen LogP contribution in [0.15, 0.2) is 18.2 Å². The van der Waals surface area contributed by atoms with E-state index < -0.39 is 0 Å². The molecule has 3 heteroatoms. The van der Waals surface area contributed by atoms with Gasteiger partial charge in [-0.25, -0.2) is 0 Å². The second-order valence-corrected chi connectivity index (χ2v) is 8.84. The Morgan fingerprint density at radius 3 is 2.73 bits per heavy atom. The Morgan fingerprint density at radius 2 is 2.00 bits per heavy atom. The van der Waals surface area contributed by atoms with Gasteiger partial charge in [0.1, 0.15) is 5.75 Å². The zero-order chi connectivity index (χ0) is 18.3. The molecule has 3 nitrogen and oxygen atoms in total. The first-order valence-corrected chi connectivity index (χ1v) is 10.4. The summed E-state index contributed by atoms with van der Waals surface area (Å²) in [6.07, 6.45) is 7.69. The van der Waals surface area contributed by atoms with Crippen LogP contribution in [0.25, 0.3) is 0 Å². The van der Waals surface area contributed by atoms with Crippen molar-refractivity contribution in [1.29, 1.82) is 0 Å². The molecule has 0 saturated heterocycles. The lowest BCUT2D eigenvalue weighted by Crippen LogP contribution is -2.45. The maximum absolute atomic E-state index is 5.95. The van der Waals surface area contributed by atoms with Crippen LogP contribution in [0.3, 0.4) is 0 Å². The highest BCUT2D eigenvalue weighted by Crippen LogP contribution is 2.61. The molecule has 0 radical (unpaired) electrons. The molecule has 0 heterocycles. The van der Waals surface area contributed by atoms with E-state index in [1.54, 1.807) is 5.56 Å². The Labute approximate surface area is 158 Å². The van der Waals surface area contributed by atoms with Crippen molar-refractivity contribution in [3.05, 3.63) is 29.3 Å². The molecule has 6 atom stereocenters. The first-order valence-electron chi connectivity index (χ1n) is 10.4. The number of rotatable bonds is 5. The Kier molecular flexibility index (Phi) is 5.04. The molecule has 0 spiro atoms. The van der Waals surface area contributed by atoms with Crippen LogP contribution in [0, 0.1) is 17.3 Å². The smallest absolute Gasteiger partial charge is 0.119 e. The Bertz CT molecular complexity index is 642. The molecule has 0 N–H and O–H groups in total. The van der Waals surface area contributed by atoms with Crippen molar-refractivity contribution in [2.75, 3.05) is 20.8 Å². The van der Waals surface area contributed by atoms with E-state index in [1.807, 2.05) is 14.2 Å². The topological polar surface area (TPSA) is 27.7 Å². The highest BCUT2D eigenvalue weighted by atomic mass is 16.5. The molecule has 2 saturated carbocycles. The number of ether oxygens (including phenoxy) is 3. The van der Waals surface area contributed by atoms with E-state index in [1.165, 1.54) is 31.2 Å². The lowest BCUT2D eigenvalue weighted by molar-refractivity contribution is -0.0832. The first kappa shape index (κ1) is 18.3. The van der Waals surface area contributed by atoms with Crippen molar-refractivity contribution in [1.82, 2.24) is 0 Å². The van der Waals surface area contributed by atoms with Crippen LogP contribution in [0.1, 0.15) is 63.0 Å². The summed E-state index contributed by atoms with van der Waals surface area (Å²) >= 11 is 0. The van der Waals surface area contributed by atoms with Gasteiger partial charge in [0.15, 0.2) is 0 Å². The third-order valence-corrected chi connectivity index (χ3v) is 7.64. The van der Waals surface area contributed by atoms with Crippen LogP contribution in [-0.4, -0.2) is 33.0 Å². The average Bonchev–Trinajstić information content (AvgIpc) is 2.97. The van der Waals surface area contributed by atoms with Crippen LogP contribution in [0.2, 0.25) is 0 Å². The predicted molar refractivity (Wildman–Crippen MR) is 104 cm³/mol. The molecule has 0 aromatic heterocycles. The summed E-state index contributed by atoms with van der Waals surface area (Å²) in [5, 5.41) is 0. The predicted octanol–water partition coefficient (Wildman–Crippen LogP) is 4.97. The minimum absolute atomic E-state index is 0.240. The highest BCUT2D eigenvalue weighted by molar-refractivity contribution is 5.40. The fourth-order valence-electron chi connectivity index (χ4n) is 6.45. The molecule has 3 aliphatic rings. The lowest BCUT2D eigenvalue weighted by atomic mass is 9.55. The molecule has 0 aliphatic heterocycles. The second kappa shape index (κ2) is 7.16. The van der Waals surface area contributed by atoms with Crippen LogP contribution >= 0.6 is 0 Å². The molecule has 1 aromatic rings. The van der Waals surface area contributed by atoms with Crippen molar-refractivity contribution in [3.63, 3.8) is 0 Å². The van der Waals surface area contributed by atoms with Crippen LogP contribution in [-0.2, 0) is 15.9 Å². The van der Waals surface area contributed by atoms with E-state index in [2.05, 4.69) is 32.0 Å². The third kappa shape index (κ3) is 2.79. The van der Waals surface area contributed by atoms with Gasteiger partial charge >= 0.3 is 0 Å². The summed E-state index contributed by atoms with van der Waals surface area (Å²) in [4.78, 5) is 0. The highest BCUT2D eigenvalue weighted by Gasteiger charge is 2.58. The van der Waals surface area contributed by atoms with E-state index in [0.717, 1.165) is 31.1 Å². The zero-order valence-corrected chi connectivity index (χ0v) is 16.8. The van der Waals surface area contributed by atoms with Gasteiger partial charge in [0, 0.05) is 14.2 Å². The average molecular weight is 359 g/mol. The standard InChI is InChI=1S/C23H34O3/c1-5-12-26-16-7-9-17-15(13-16)6-8-19-18(17)10-11-23(2)20(19)14-21(24-3)22(23)25-4/h7,9,13,18-22H,5-6,8,10-12,14H2,1-4H3/t18-,19-,20+,21-,22+,23+/m1/s1. The van der Waals surface area contributed by atoms with Crippen LogP contribution < -0.4 is 4.74 Å². The van der Waals surface area contributed by atoms with Gasteiger partial charge in [-0.2, -0.15) is 0 Å². The molecule has 1 aromatic carbocycles. The Balaban J connectivity index is 1.60. The van der Waals surface area contributed by atoms with Crippen LogP contribution in [0.5, 0.6) is 5.75 Å². The van der Waals surface area contributed by atoms with Gasteiger partial charge in [0.2, 0.25) is 0 Å². The molecule has 144 valence electrons. The molecule has 26 heavy (non-hydrogen) atoms. The number of hydrogen-bond donors (Lipinski definition) is 0. The largest absolute Gasteiger partial charge is 0.494 e. The van der Waals surface area contributed by atoms with Gasteiger partial charge < -0.3 is 14.2 Å². The van der Waals surface area contributed by atoms with Crippen molar-refractivity contribution >= 4 is 0 Å². The minimum Gasteiger partial charge on any atom is -0.494 e. The second-order valence-electron chi connectivity index (χ2n) is 8.84. The lowest BCUT2D eigenvalue weighted by Gasteiger charge is -2.50. The fraction of sp³-hybridized carbons (Fsp3) is 0.739. The van der Waals surface area contributed by atoms with Crippen LogP contribution in [0.4, 0.5) is 0 Å². The summed E-state index contributed by atoms with van der Waals surface area (Å²) in [6, 6.07) is 6.85. The van der Waals surface area contributed by atoms with E-state index in [9.17, 15) is 0 Å². The molecule has 0 bridgehead atoms. The Hall–Kier alpha value is -1.06. The maximum Gasteiger partial charge on any atom is 0.119 e. The molecule has 3 aliphatic carbocycles. The summed E-state index contributed by atoms with van der Waals surface area (Å²) in [5.74, 6) is 3.22. The number of aryl methyl sites for hydroxylation is 1. The van der Waals surface area contributed by atoms with E-state index in [0.29, 0.717) is 11.8 Å². The normalized spacial score (nSPS) is 38.4. The van der Waals surface area contributed by atoms with Crippen molar-refractivity contribution in [3.8, 4) is 5.75 Å². The number of fused-ring (bicyclic) bond motifs is 5.